The maximum Gasteiger partial charge on any atom is 0.163 e. The van der Waals surface area contributed by atoms with Crippen LogP contribution in [0.15, 0.2) is 12.5 Å². The highest BCUT2D eigenvalue weighted by Gasteiger charge is 2.39. The van der Waals surface area contributed by atoms with Gasteiger partial charge in [-0.3, -0.25) is 4.68 Å². The Morgan fingerprint density at radius 2 is 2.22 bits per heavy atom. The molecule has 0 spiro atoms. The molecule has 0 saturated heterocycles. The summed E-state index contributed by atoms with van der Waals surface area (Å²) in [5.41, 5.74) is 0.899. The van der Waals surface area contributed by atoms with E-state index in [9.17, 15) is 0 Å². The van der Waals surface area contributed by atoms with Crippen LogP contribution in [0.1, 0.15) is 25.7 Å². The van der Waals surface area contributed by atoms with Crippen molar-refractivity contribution >= 4 is 16.9 Å². The smallest absolute Gasteiger partial charge is 0.163 e. The van der Waals surface area contributed by atoms with Crippen molar-refractivity contribution in [1.82, 2.24) is 19.7 Å². The Bertz CT molecular complexity index is 590. The van der Waals surface area contributed by atoms with E-state index >= 15 is 0 Å². The van der Waals surface area contributed by atoms with Gasteiger partial charge in [0.05, 0.1) is 11.6 Å². The molecule has 2 aliphatic carbocycles. The van der Waals surface area contributed by atoms with Crippen LogP contribution >= 0.6 is 0 Å². The highest BCUT2D eigenvalue weighted by atomic mass is 15.3. The average molecular weight is 243 g/mol. The fourth-order valence-corrected chi connectivity index (χ4v) is 3.67. The molecule has 5 nitrogen and oxygen atoms in total. The van der Waals surface area contributed by atoms with Gasteiger partial charge in [-0.1, -0.05) is 6.42 Å². The lowest BCUT2D eigenvalue weighted by Crippen LogP contribution is -2.26. The number of fused-ring (bicyclic) bond motifs is 3. The number of nitrogens with one attached hydrogen (secondary N) is 1. The molecular formula is C13H17N5. The fraction of sp³-hybridized carbons (Fsp3) is 0.615. The predicted octanol–water partition coefficient (Wildman–Crippen LogP) is 1.96. The first kappa shape index (κ1) is 10.3. The van der Waals surface area contributed by atoms with Crippen LogP contribution in [0.5, 0.6) is 0 Å². The minimum absolute atomic E-state index is 0.599. The molecule has 2 saturated carbocycles. The standard InChI is InChI=1S/C13H17N5/c1-18-13-10(6-16-18)12(14-7-15-13)17-11-5-8-2-3-9(11)4-8/h6-9,11H,2-5H2,1H3,(H,14,15,17). The summed E-state index contributed by atoms with van der Waals surface area (Å²) in [6.07, 6.45) is 8.98. The van der Waals surface area contributed by atoms with Crippen molar-refractivity contribution in [3.63, 3.8) is 0 Å². The van der Waals surface area contributed by atoms with Gasteiger partial charge in [0.25, 0.3) is 0 Å². The Morgan fingerprint density at radius 3 is 3.00 bits per heavy atom. The number of nitrogens with zero attached hydrogens (tertiary/aromatic N) is 4. The van der Waals surface area contributed by atoms with Crippen molar-refractivity contribution in [2.75, 3.05) is 5.32 Å². The molecule has 2 heterocycles. The Labute approximate surface area is 106 Å². The lowest BCUT2D eigenvalue weighted by atomic mass is 9.95. The van der Waals surface area contributed by atoms with Crippen molar-refractivity contribution in [2.45, 2.75) is 31.7 Å². The van der Waals surface area contributed by atoms with Crippen molar-refractivity contribution in [1.29, 1.82) is 0 Å². The van der Waals surface area contributed by atoms with Gasteiger partial charge in [-0.2, -0.15) is 5.10 Å². The second-order valence-corrected chi connectivity index (χ2v) is 5.65. The maximum absolute atomic E-state index is 4.39. The molecule has 3 unspecified atom stereocenters. The molecule has 18 heavy (non-hydrogen) atoms. The lowest BCUT2D eigenvalue weighted by molar-refractivity contribution is 0.439. The summed E-state index contributed by atoms with van der Waals surface area (Å²) in [4.78, 5) is 8.67. The van der Waals surface area contributed by atoms with Crippen molar-refractivity contribution in [2.24, 2.45) is 18.9 Å². The highest BCUT2D eigenvalue weighted by Crippen LogP contribution is 2.45. The molecule has 0 aliphatic heterocycles. The SMILES string of the molecule is Cn1ncc2c(NC3CC4CCC3C4)ncnc21. The molecule has 94 valence electrons. The minimum atomic E-state index is 0.599. The molecule has 3 atom stereocenters. The van der Waals surface area contributed by atoms with Crippen molar-refractivity contribution in [3.8, 4) is 0 Å². The van der Waals surface area contributed by atoms with Crippen LogP contribution in [-0.2, 0) is 7.05 Å². The Kier molecular flexibility index (Phi) is 2.10. The summed E-state index contributed by atoms with van der Waals surface area (Å²) in [6, 6.07) is 0.599. The third kappa shape index (κ3) is 1.43. The zero-order chi connectivity index (χ0) is 12.1. The molecule has 2 aromatic rings. The molecule has 2 bridgehead atoms. The Balaban J connectivity index is 1.67. The fourth-order valence-electron chi connectivity index (χ4n) is 3.67. The highest BCUT2D eigenvalue weighted by molar-refractivity contribution is 5.86. The van der Waals surface area contributed by atoms with E-state index in [4.69, 9.17) is 0 Å². The van der Waals surface area contributed by atoms with E-state index < -0.39 is 0 Å². The van der Waals surface area contributed by atoms with E-state index in [-0.39, 0.29) is 0 Å². The van der Waals surface area contributed by atoms with Gasteiger partial charge in [0.15, 0.2) is 5.65 Å². The first-order valence-electron chi connectivity index (χ1n) is 6.70. The maximum atomic E-state index is 4.39. The van der Waals surface area contributed by atoms with Crippen molar-refractivity contribution in [3.05, 3.63) is 12.5 Å². The molecule has 2 fully saturated rings. The quantitative estimate of drug-likeness (QED) is 0.876. The van der Waals surface area contributed by atoms with Gasteiger partial charge in [-0.25, -0.2) is 9.97 Å². The first-order chi connectivity index (χ1) is 8.81. The van der Waals surface area contributed by atoms with Gasteiger partial charge >= 0.3 is 0 Å². The second-order valence-electron chi connectivity index (χ2n) is 5.65. The summed E-state index contributed by atoms with van der Waals surface area (Å²) in [5, 5.41) is 8.91. The van der Waals surface area contributed by atoms with Gasteiger partial charge in [0, 0.05) is 13.1 Å². The van der Waals surface area contributed by atoms with E-state index in [1.807, 2.05) is 13.2 Å². The molecule has 0 radical (unpaired) electrons. The van der Waals surface area contributed by atoms with Gasteiger partial charge in [0.2, 0.25) is 0 Å². The van der Waals surface area contributed by atoms with Gasteiger partial charge in [0.1, 0.15) is 12.1 Å². The first-order valence-corrected chi connectivity index (χ1v) is 6.70. The molecule has 4 rings (SSSR count). The molecule has 0 aromatic carbocycles. The van der Waals surface area contributed by atoms with E-state index in [1.54, 1.807) is 11.0 Å². The number of aryl methyl sites for hydroxylation is 1. The van der Waals surface area contributed by atoms with Gasteiger partial charge in [-0.05, 0) is 31.1 Å². The van der Waals surface area contributed by atoms with Crippen LogP contribution in [0.3, 0.4) is 0 Å². The predicted molar refractivity (Wildman–Crippen MR) is 69.2 cm³/mol. The zero-order valence-electron chi connectivity index (χ0n) is 10.5. The summed E-state index contributed by atoms with van der Waals surface area (Å²) in [6.45, 7) is 0. The molecule has 2 aromatic heterocycles. The van der Waals surface area contributed by atoms with E-state index in [0.29, 0.717) is 6.04 Å². The van der Waals surface area contributed by atoms with Crippen LogP contribution in [-0.4, -0.2) is 25.8 Å². The molecule has 5 heteroatoms. The summed E-state index contributed by atoms with van der Waals surface area (Å²) < 4.78 is 1.79. The molecule has 2 aliphatic rings. The van der Waals surface area contributed by atoms with E-state index in [0.717, 1.165) is 28.7 Å². The summed E-state index contributed by atoms with van der Waals surface area (Å²) in [7, 11) is 1.91. The largest absolute Gasteiger partial charge is 0.366 e. The number of hydrogen-bond acceptors (Lipinski definition) is 4. The normalized spacial score (nSPS) is 30.2. The van der Waals surface area contributed by atoms with Crippen LogP contribution in [0, 0.1) is 11.8 Å². The summed E-state index contributed by atoms with van der Waals surface area (Å²) in [5.74, 6) is 2.74. The minimum Gasteiger partial charge on any atom is -0.366 e. The van der Waals surface area contributed by atoms with Crippen LogP contribution < -0.4 is 5.32 Å². The molecular weight excluding hydrogens is 226 g/mol. The van der Waals surface area contributed by atoms with Crippen LogP contribution in [0.4, 0.5) is 5.82 Å². The molecule has 0 amide bonds. The van der Waals surface area contributed by atoms with Crippen LogP contribution in [0.25, 0.3) is 11.0 Å². The van der Waals surface area contributed by atoms with E-state index in [2.05, 4.69) is 20.4 Å². The van der Waals surface area contributed by atoms with Crippen molar-refractivity contribution < 1.29 is 0 Å². The monoisotopic (exact) mass is 243 g/mol. The number of hydrogen-bond donors (Lipinski definition) is 1. The lowest BCUT2D eigenvalue weighted by Gasteiger charge is -2.23. The molecule has 1 N–H and O–H groups in total. The third-order valence-corrected chi connectivity index (χ3v) is 4.59. The van der Waals surface area contributed by atoms with Gasteiger partial charge in [-0.15, -0.1) is 0 Å². The second kappa shape index (κ2) is 3.67. The average Bonchev–Trinajstić information content (AvgIpc) is 3.06. The summed E-state index contributed by atoms with van der Waals surface area (Å²) >= 11 is 0. The number of anilines is 1. The van der Waals surface area contributed by atoms with Crippen LogP contribution in [0.2, 0.25) is 0 Å². The number of rotatable bonds is 2. The van der Waals surface area contributed by atoms with E-state index in [1.165, 1.54) is 25.7 Å². The Hall–Kier alpha value is -1.65. The number of aromatic nitrogens is 4. The van der Waals surface area contributed by atoms with Gasteiger partial charge < -0.3 is 5.32 Å². The third-order valence-electron chi connectivity index (χ3n) is 4.59. The Morgan fingerprint density at radius 1 is 1.28 bits per heavy atom. The zero-order valence-corrected chi connectivity index (χ0v) is 10.5. The topological polar surface area (TPSA) is 55.6 Å².